The molecular formula is C23H28N4O. The average Bonchev–Trinajstić information content (AvgIpc) is 3.31. The van der Waals surface area contributed by atoms with Gasteiger partial charge in [0.05, 0.1) is 12.8 Å². The number of hydrogen-bond donors (Lipinski definition) is 0. The molecule has 3 heterocycles. The van der Waals surface area contributed by atoms with Gasteiger partial charge in [-0.3, -0.25) is 0 Å². The third kappa shape index (κ3) is 2.93. The molecule has 28 heavy (non-hydrogen) atoms. The van der Waals surface area contributed by atoms with E-state index in [4.69, 9.17) is 14.8 Å². The summed E-state index contributed by atoms with van der Waals surface area (Å²) in [5.74, 6) is 3.57. The highest BCUT2D eigenvalue weighted by molar-refractivity contribution is 5.68. The highest BCUT2D eigenvalue weighted by Gasteiger charge is 2.29. The minimum absolute atomic E-state index is 0.709. The van der Waals surface area contributed by atoms with Crippen LogP contribution in [0.25, 0.3) is 16.9 Å². The Balaban J connectivity index is 1.64. The van der Waals surface area contributed by atoms with Crippen LogP contribution in [0, 0.1) is 11.8 Å². The Labute approximate surface area is 166 Å². The molecule has 2 aromatic heterocycles. The van der Waals surface area contributed by atoms with E-state index in [0.717, 1.165) is 48.6 Å². The predicted octanol–water partition coefficient (Wildman–Crippen LogP) is 4.38. The topological polar surface area (TPSA) is 42.7 Å². The Morgan fingerprint density at radius 1 is 1.04 bits per heavy atom. The quantitative estimate of drug-likeness (QED) is 0.680. The molecule has 146 valence electrons. The summed E-state index contributed by atoms with van der Waals surface area (Å²) in [6.07, 6.45) is 4.71. The number of benzene rings is 1. The zero-order valence-corrected chi connectivity index (χ0v) is 17.0. The first-order valence-corrected chi connectivity index (χ1v) is 10.4. The third-order valence-corrected chi connectivity index (χ3v) is 6.15. The van der Waals surface area contributed by atoms with Gasteiger partial charge in [-0.25, -0.2) is 4.98 Å². The first-order chi connectivity index (χ1) is 13.6. The Morgan fingerprint density at radius 3 is 2.50 bits per heavy atom. The molecule has 1 aliphatic heterocycles. The number of nitrogens with zero attached hydrogens (tertiary/aromatic N) is 4. The molecule has 1 fully saturated rings. The van der Waals surface area contributed by atoms with E-state index in [9.17, 15) is 0 Å². The van der Waals surface area contributed by atoms with E-state index in [0.29, 0.717) is 11.8 Å². The minimum Gasteiger partial charge on any atom is -0.497 e. The number of rotatable bonds is 3. The highest BCUT2D eigenvalue weighted by atomic mass is 16.5. The van der Waals surface area contributed by atoms with Crippen molar-refractivity contribution in [3.05, 3.63) is 41.6 Å². The molecule has 2 aliphatic rings. The van der Waals surface area contributed by atoms with Crippen LogP contribution in [0.2, 0.25) is 0 Å². The molecule has 0 N–H and O–H groups in total. The number of piperidine rings is 1. The van der Waals surface area contributed by atoms with Gasteiger partial charge >= 0.3 is 0 Å². The van der Waals surface area contributed by atoms with Gasteiger partial charge in [-0.05, 0) is 61.8 Å². The molecule has 2 unspecified atom stereocenters. The van der Waals surface area contributed by atoms with Crippen molar-refractivity contribution >= 4 is 11.5 Å². The van der Waals surface area contributed by atoms with E-state index >= 15 is 0 Å². The third-order valence-electron chi connectivity index (χ3n) is 6.15. The van der Waals surface area contributed by atoms with Gasteiger partial charge in [0.15, 0.2) is 5.65 Å². The Bertz CT molecular complexity index is 998. The number of aromatic nitrogens is 3. The van der Waals surface area contributed by atoms with Crippen LogP contribution in [0.5, 0.6) is 5.75 Å². The Morgan fingerprint density at radius 2 is 1.79 bits per heavy atom. The predicted molar refractivity (Wildman–Crippen MR) is 112 cm³/mol. The number of anilines is 1. The summed E-state index contributed by atoms with van der Waals surface area (Å²) in [6.45, 7) is 6.95. The van der Waals surface area contributed by atoms with Crippen molar-refractivity contribution in [1.82, 2.24) is 14.6 Å². The van der Waals surface area contributed by atoms with Crippen LogP contribution in [0.4, 0.5) is 5.82 Å². The van der Waals surface area contributed by atoms with Gasteiger partial charge in [-0.15, -0.1) is 0 Å². The van der Waals surface area contributed by atoms with Crippen LogP contribution in [0.15, 0.2) is 30.3 Å². The molecule has 1 saturated heterocycles. The number of methoxy groups -OCH3 is 1. The van der Waals surface area contributed by atoms with Crippen LogP contribution in [-0.4, -0.2) is 34.8 Å². The molecule has 3 aromatic rings. The summed E-state index contributed by atoms with van der Waals surface area (Å²) >= 11 is 0. The van der Waals surface area contributed by atoms with Crippen LogP contribution in [-0.2, 0) is 12.8 Å². The van der Waals surface area contributed by atoms with Crippen molar-refractivity contribution in [2.24, 2.45) is 11.8 Å². The Hall–Kier alpha value is -2.56. The van der Waals surface area contributed by atoms with Crippen LogP contribution in [0.3, 0.4) is 0 Å². The molecule has 2 atom stereocenters. The number of ether oxygens (including phenoxy) is 1. The lowest BCUT2D eigenvalue weighted by Gasteiger charge is -2.37. The van der Waals surface area contributed by atoms with E-state index in [1.165, 1.54) is 29.9 Å². The summed E-state index contributed by atoms with van der Waals surface area (Å²) in [7, 11) is 1.69. The molecule has 5 nitrogen and oxygen atoms in total. The summed E-state index contributed by atoms with van der Waals surface area (Å²) in [5, 5.41) is 5.01. The lowest BCUT2D eigenvalue weighted by molar-refractivity contribution is 0.353. The first kappa shape index (κ1) is 17.5. The Kier molecular flexibility index (Phi) is 4.26. The zero-order valence-electron chi connectivity index (χ0n) is 17.0. The molecular weight excluding hydrogens is 348 g/mol. The minimum atomic E-state index is 0.709. The second kappa shape index (κ2) is 6.80. The van der Waals surface area contributed by atoms with Crippen LogP contribution >= 0.6 is 0 Å². The van der Waals surface area contributed by atoms with E-state index in [2.05, 4.69) is 41.5 Å². The van der Waals surface area contributed by atoms with E-state index in [1.54, 1.807) is 7.11 Å². The van der Waals surface area contributed by atoms with Crippen molar-refractivity contribution in [2.75, 3.05) is 25.1 Å². The van der Waals surface area contributed by atoms with E-state index in [-0.39, 0.29) is 0 Å². The van der Waals surface area contributed by atoms with Crippen LogP contribution < -0.4 is 9.64 Å². The summed E-state index contributed by atoms with van der Waals surface area (Å²) < 4.78 is 7.40. The maximum atomic E-state index is 5.29. The van der Waals surface area contributed by atoms with Gasteiger partial charge in [0.25, 0.3) is 0 Å². The summed E-state index contributed by atoms with van der Waals surface area (Å²) in [5.41, 5.74) is 5.72. The standard InChI is InChI=1S/C23H28N4O/c1-15-11-16(2)14-26(13-15)23-19-5-4-6-20(19)24-22-12-21(25-27(22)23)17-7-9-18(28-3)10-8-17/h7-10,12,15-16H,4-6,11,13-14H2,1-3H3. The molecule has 1 aliphatic carbocycles. The van der Waals surface area contributed by atoms with Crippen molar-refractivity contribution in [3.63, 3.8) is 0 Å². The fraction of sp³-hybridized carbons (Fsp3) is 0.478. The lowest BCUT2D eigenvalue weighted by atomic mass is 9.91. The van der Waals surface area contributed by atoms with Crippen molar-refractivity contribution < 1.29 is 4.74 Å². The average molecular weight is 377 g/mol. The SMILES string of the molecule is COc1ccc(-c2cc3nc4c(c(N5CC(C)CC(C)C5)n3n2)CCC4)cc1. The monoisotopic (exact) mass is 376 g/mol. The molecule has 0 radical (unpaired) electrons. The largest absolute Gasteiger partial charge is 0.497 e. The van der Waals surface area contributed by atoms with Gasteiger partial charge in [0, 0.05) is 36.0 Å². The second-order valence-electron chi connectivity index (χ2n) is 8.59. The van der Waals surface area contributed by atoms with E-state index in [1.807, 2.05) is 12.1 Å². The highest BCUT2D eigenvalue weighted by Crippen LogP contribution is 2.35. The lowest BCUT2D eigenvalue weighted by Crippen LogP contribution is -2.40. The van der Waals surface area contributed by atoms with Gasteiger partial charge in [-0.1, -0.05) is 13.8 Å². The number of hydrogen-bond acceptors (Lipinski definition) is 4. The normalized spacial score (nSPS) is 21.9. The van der Waals surface area contributed by atoms with E-state index < -0.39 is 0 Å². The maximum Gasteiger partial charge on any atom is 0.158 e. The van der Waals surface area contributed by atoms with Gasteiger partial charge in [0.1, 0.15) is 11.6 Å². The molecule has 0 spiro atoms. The summed E-state index contributed by atoms with van der Waals surface area (Å²) in [6, 6.07) is 10.2. The maximum absolute atomic E-state index is 5.29. The molecule has 1 aromatic carbocycles. The van der Waals surface area contributed by atoms with Gasteiger partial charge < -0.3 is 9.64 Å². The van der Waals surface area contributed by atoms with Gasteiger partial charge in [-0.2, -0.15) is 9.61 Å². The summed E-state index contributed by atoms with van der Waals surface area (Å²) in [4.78, 5) is 7.55. The smallest absolute Gasteiger partial charge is 0.158 e. The number of aryl methyl sites for hydroxylation is 1. The fourth-order valence-corrected chi connectivity index (χ4v) is 5.03. The first-order valence-electron chi connectivity index (χ1n) is 10.4. The molecule has 5 heteroatoms. The molecule has 0 bridgehead atoms. The van der Waals surface area contributed by atoms with Gasteiger partial charge in [0.2, 0.25) is 0 Å². The zero-order chi connectivity index (χ0) is 19.3. The molecule has 0 amide bonds. The molecule has 0 saturated carbocycles. The van der Waals surface area contributed by atoms with Crippen LogP contribution in [0.1, 0.15) is 37.9 Å². The van der Waals surface area contributed by atoms with Crippen molar-refractivity contribution in [1.29, 1.82) is 0 Å². The second-order valence-corrected chi connectivity index (χ2v) is 8.59. The molecule has 5 rings (SSSR count). The fourth-order valence-electron chi connectivity index (χ4n) is 5.03. The number of fused-ring (bicyclic) bond motifs is 2. The van der Waals surface area contributed by atoms with Crippen molar-refractivity contribution in [2.45, 2.75) is 39.5 Å². The van der Waals surface area contributed by atoms with Crippen molar-refractivity contribution in [3.8, 4) is 17.0 Å².